The summed E-state index contributed by atoms with van der Waals surface area (Å²) in [6, 6.07) is 7.20. The second kappa shape index (κ2) is 4.84. The molecule has 0 saturated carbocycles. The molecule has 1 rings (SSSR count). The number of sulfonamides is 1. The summed E-state index contributed by atoms with van der Waals surface area (Å²) in [5.41, 5.74) is 7.12. The molecule has 2 N–H and O–H groups in total. The maximum atomic E-state index is 11.9. The van der Waals surface area contributed by atoms with Gasteiger partial charge in [0.05, 0.1) is 10.9 Å². The third kappa shape index (κ3) is 2.54. The van der Waals surface area contributed by atoms with Crippen LogP contribution in [0, 0.1) is 0 Å². The normalized spacial score (nSPS) is 11.8. The number of nitrogens with zero attached hydrogens (tertiary/aromatic N) is 1. The Hall–Kier alpha value is -1.07. The Morgan fingerprint density at radius 2 is 1.75 bits per heavy atom. The van der Waals surface area contributed by atoms with Gasteiger partial charge in [-0.3, -0.25) is 4.31 Å². The predicted molar refractivity (Wildman–Crippen MR) is 66.8 cm³/mol. The Morgan fingerprint density at radius 3 is 2.12 bits per heavy atom. The quantitative estimate of drug-likeness (QED) is 0.866. The Balaban J connectivity index is 3.01. The maximum absolute atomic E-state index is 11.9. The van der Waals surface area contributed by atoms with Crippen LogP contribution in [0.2, 0.25) is 0 Å². The molecule has 0 amide bonds. The van der Waals surface area contributed by atoms with Gasteiger partial charge in [0.15, 0.2) is 0 Å². The molecule has 0 aliphatic carbocycles. The Kier molecular flexibility index (Phi) is 3.93. The van der Waals surface area contributed by atoms with Gasteiger partial charge in [-0.1, -0.05) is 12.1 Å². The predicted octanol–water partition coefficient (Wildman–Crippen LogP) is 1.32. The highest BCUT2D eigenvalue weighted by atomic mass is 32.2. The zero-order valence-corrected chi connectivity index (χ0v) is 10.7. The highest BCUT2D eigenvalue weighted by Gasteiger charge is 2.22. The summed E-state index contributed by atoms with van der Waals surface area (Å²) in [5.74, 6) is 0. The van der Waals surface area contributed by atoms with E-state index in [0.29, 0.717) is 12.2 Å². The van der Waals surface area contributed by atoms with E-state index in [0.717, 1.165) is 5.56 Å². The van der Waals surface area contributed by atoms with Crippen LogP contribution in [0.1, 0.15) is 19.4 Å². The molecular formula is C11H18N2O2S. The van der Waals surface area contributed by atoms with Crippen molar-refractivity contribution in [3.63, 3.8) is 0 Å². The van der Waals surface area contributed by atoms with Crippen LogP contribution < -0.4 is 10.0 Å². The van der Waals surface area contributed by atoms with Crippen LogP contribution in [0.4, 0.5) is 5.69 Å². The summed E-state index contributed by atoms with van der Waals surface area (Å²) in [7, 11) is -1.69. The van der Waals surface area contributed by atoms with E-state index in [4.69, 9.17) is 5.73 Å². The van der Waals surface area contributed by atoms with Crippen LogP contribution >= 0.6 is 0 Å². The van der Waals surface area contributed by atoms with Gasteiger partial charge in [0.25, 0.3) is 0 Å². The van der Waals surface area contributed by atoms with Gasteiger partial charge >= 0.3 is 0 Å². The van der Waals surface area contributed by atoms with Gasteiger partial charge in [0.1, 0.15) is 0 Å². The minimum atomic E-state index is -3.25. The van der Waals surface area contributed by atoms with Crippen molar-refractivity contribution in [1.82, 2.24) is 0 Å². The van der Waals surface area contributed by atoms with E-state index < -0.39 is 15.3 Å². The van der Waals surface area contributed by atoms with Crippen molar-refractivity contribution in [3.05, 3.63) is 29.8 Å². The second-order valence-corrected chi connectivity index (χ2v) is 6.45. The first-order valence-corrected chi connectivity index (χ1v) is 6.66. The minimum Gasteiger partial charge on any atom is -0.326 e. The van der Waals surface area contributed by atoms with Gasteiger partial charge in [-0.25, -0.2) is 8.42 Å². The molecule has 0 aliphatic rings. The monoisotopic (exact) mass is 242 g/mol. The molecule has 90 valence electrons. The van der Waals surface area contributed by atoms with Crippen molar-refractivity contribution in [2.24, 2.45) is 5.73 Å². The van der Waals surface area contributed by atoms with Gasteiger partial charge in [-0.15, -0.1) is 0 Å². The smallest absolute Gasteiger partial charge is 0.237 e. The number of benzene rings is 1. The molecule has 0 aromatic heterocycles. The molecule has 1 aromatic rings. The van der Waals surface area contributed by atoms with Crippen LogP contribution in [0.3, 0.4) is 0 Å². The first kappa shape index (κ1) is 13.0. The van der Waals surface area contributed by atoms with Crippen LogP contribution in [-0.2, 0) is 16.6 Å². The van der Waals surface area contributed by atoms with Crippen LogP contribution in [0.15, 0.2) is 24.3 Å². The summed E-state index contributed by atoms with van der Waals surface area (Å²) in [6.45, 7) is 3.79. The fourth-order valence-electron chi connectivity index (χ4n) is 1.31. The Labute approximate surface area is 97.1 Å². The van der Waals surface area contributed by atoms with Gasteiger partial charge in [0, 0.05) is 13.6 Å². The molecule has 0 fully saturated rings. The highest BCUT2D eigenvalue weighted by Crippen LogP contribution is 2.19. The van der Waals surface area contributed by atoms with Crippen molar-refractivity contribution >= 4 is 15.7 Å². The molecule has 0 atom stereocenters. The zero-order valence-electron chi connectivity index (χ0n) is 9.84. The van der Waals surface area contributed by atoms with Crippen molar-refractivity contribution in [1.29, 1.82) is 0 Å². The standard InChI is InChI=1S/C11H18N2O2S/c1-9(2)16(14,15)13(3)11-6-4-10(8-12)5-7-11/h4-7,9H,8,12H2,1-3H3. The lowest BCUT2D eigenvalue weighted by Crippen LogP contribution is -2.32. The van der Waals surface area contributed by atoms with Crippen LogP contribution in [0.5, 0.6) is 0 Å². The first-order valence-electron chi connectivity index (χ1n) is 5.16. The molecule has 0 bridgehead atoms. The van der Waals surface area contributed by atoms with E-state index in [-0.39, 0.29) is 0 Å². The molecule has 4 nitrogen and oxygen atoms in total. The van der Waals surface area contributed by atoms with Crippen molar-refractivity contribution in [2.75, 3.05) is 11.4 Å². The average molecular weight is 242 g/mol. The summed E-state index contributed by atoms with van der Waals surface area (Å²) >= 11 is 0. The maximum Gasteiger partial charge on any atom is 0.237 e. The second-order valence-electron chi connectivity index (χ2n) is 3.93. The lowest BCUT2D eigenvalue weighted by atomic mass is 10.2. The molecule has 5 heteroatoms. The zero-order chi connectivity index (χ0) is 12.3. The number of anilines is 1. The molecule has 0 radical (unpaired) electrons. The van der Waals surface area contributed by atoms with Crippen molar-refractivity contribution in [2.45, 2.75) is 25.6 Å². The minimum absolute atomic E-state index is 0.424. The lowest BCUT2D eigenvalue weighted by molar-refractivity contribution is 0.585. The van der Waals surface area contributed by atoms with E-state index in [2.05, 4.69) is 0 Å². The molecule has 0 aliphatic heterocycles. The van der Waals surface area contributed by atoms with Crippen LogP contribution in [0.25, 0.3) is 0 Å². The van der Waals surface area contributed by atoms with Gasteiger partial charge < -0.3 is 5.73 Å². The van der Waals surface area contributed by atoms with Crippen molar-refractivity contribution in [3.8, 4) is 0 Å². The third-order valence-electron chi connectivity index (χ3n) is 2.51. The fraction of sp³-hybridized carbons (Fsp3) is 0.455. The molecule has 16 heavy (non-hydrogen) atoms. The van der Waals surface area contributed by atoms with E-state index in [9.17, 15) is 8.42 Å². The molecule has 0 saturated heterocycles. The van der Waals surface area contributed by atoms with Gasteiger partial charge in [-0.2, -0.15) is 0 Å². The van der Waals surface area contributed by atoms with E-state index in [1.165, 1.54) is 4.31 Å². The Bertz CT molecular complexity index is 438. The Morgan fingerprint density at radius 1 is 1.25 bits per heavy atom. The number of hydrogen-bond donors (Lipinski definition) is 1. The molecule has 0 spiro atoms. The lowest BCUT2D eigenvalue weighted by Gasteiger charge is -2.21. The number of hydrogen-bond acceptors (Lipinski definition) is 3. The first-order chi connectivity index (χ1) is 7.39. The van der Waals surface area contributed by atoms with E-state index >= 15 is 0 Å². The molecular weight excluding hydrogens is 224 g/mol. The van der Waals surface area contributed by atoms with Gasteiger partial charge in [0.2, 0.25) is 10.0 Å². The third-order valence-corrected chi connectivity index (χ3v) is 4.68. The molecule has 1 aromatic carbocycles. The summed E-state index contributed by atoms with van der Waals surface area (Å²) < 4.78 is 25.1. The van der Waals surface area contributed by atoms with E-state index in [1.54, 1.807) is 33.0 Å². The molecule has 0 heterocycles. The van der Waals surface area contributed by atoms with Gasteiger partial charge in [-0.05, 0) is 31.5 Å². The van der Waals surface area contributed by atoms with E-state index in [1.807, 2.05) is 12.1 Å². The topological polar surface area (TPSA) is 63.4 Å². The SMILES string of the molecule is CC(C)S(=O)(=O)N(C)c1ccc(CN)cc1. The summed E-state index contributed by atoms with van der Waals surface area (Å²) in [4.78, 5) is 0. The van der Waals surface area contributed by atoms with Crippen LogP contribution in [-0.4, -0.2) is 20.7 Å². The largest absolute Gasteiger partial charge is 0.326 e. The molecule has 0 unspecified atom stereocenters. The average Bonchev–Trinajstić information content (AvgIpc) is 2.28. The summed E-state index contributed by atoms with van der Waals surface area (Å²) in [5, 5.41) is -0.424. The number of nitrogens with two attached hydrogens (primary N) is 1. The van der Waals surface area contributed by atoms with Crippen molar-refractivity contribution < 1.29 is 8.42 Å². The summed E-state index contributed by atoms with van der Waals surface area (Å²) in [6.07, 6.45) is 0. The fourth-order valence-corrected chi connectivity index (χ4v) is 2.35. The highest BCUT2D eigenvalue weighted by molar-refractivity contribution is 7.93. The number of rotatable bonds is 4.